The van der Waals surface area contributed by atoms with Crippen LogP contribution in [-0.4, -0.2) is 44.3 Å². The maximum atomic E-state index is 14.3. The lowest BCUT2D eigenvalue weighted by molar-refractivity contribution is -0.275. The van der Waals surface area contributed by atoms with Gasteiger partial charge in [-0.1, -0.05) is 6.07 Å². The van der Waals surface area contributed by atoms with Crippen LogP contribution in [0, 0.1) is 5.82 Å². The van der Waals surface area contributed by atoms with Crippen LogP contribution >= 0.6 is 0 Å². The van der Waals surface area contributed by atoms with Gasteiger partial charge in [-0.3, -0.25) is 14.3 Å². The summed E-state index contributed by atoms with van der Waals surface area (Å²) in [7, 11) is 2.94. The molecule has 0 fully saturated rings. The van der Waals surface area contributed by atoms with Crippen molar-refractivity contribution in [2.24, 2.45) is 7.05 Å². The molecule has 0 saturated heterocycles. The molecule has 1 atom stereocenters. The van der Waals surface area contributed by atoms with Crippen molar-refractivity contribution >= 4 is 11.6 Å². The Kier molecular flexibility index (Phi) is 6.71. The Labute approximate surface area is 190 Å². The minimum absolute atomic E-state index is 0.0155. The first-order valence-electron chi connectivity index (χ1n) is 9.87. The highest BCUT2D eigenvalue weighted by Crippen LogP contribution is 2.31. The number of hydrogen-bond donors (Lipinski definition) is 2. The molecule has 2 aromatic heterocycles. The van der Waals surface area contributed by atoms with E-state index in [1.165, 1.54) is 44.9 Å². The maximum absolute atomic E-state index is 14.3. The molecular formula is C21H22F4N4O5. The quantitative estimate of drug-likeness (QED) is 0.497. The van der Waals surface area contributed by atoms with Gasteiger partial charge in [-0.05, 0) is 31.5 Å². The van der Waals surface area contributed by atoms with Crippen LogP contribution in [0.25, 0.3) is 5.65 Å². The zero-order valence-corrected chi connectivity index (χ0v) is 18.6. The standard InChI is InChI=1S/C21H22F4N4O5/c1-20(2,32)17(11-5-6-15(14(22)7-11)34-21(23,24)25)27-19(31)13-9-28(3)29-16(30)8-12(10-33-4)26-18(13)29/h5-9,17,32H,10H2,1-4H3,(H,27,31)/t17-/m0/s1. The normalized spacial score (nSPS) is 13.2. The number of carbonyl (C=O) groups is 1. The topological polar surface area (TPSA) is 107 Å². The average molecular weight is 486 g/mol. The van der Waals surface area contributed by atoms with Gasteiger partial charge < -0.3 is 19.9 Å². The van der Waals surface area contributed by atoms with Crippen LogP contribution in [0.1, 0.15) is 41.5 Å². The molecule has 3 aromatic rings. The van der Waals surface area contributed by atoms with Crippen LogP contribution in [0.15, 0.2) is 35.3 Å². The van der Waals surface area contributed by atoms with E-state index in [0.717, 1.165) is 22.7 Å². The first kappa shape index (κ1) is 25.2. The Morgan fingerprint density at radius 2 is 1.94 bits per heavy atom. The fourth-order valence-corrected chi connectivity index (χ4v) is 3.47. The summed E-state index contributed by atoms with van der Waals surface area (Å²) >= 11 is 0. The fraction of sp³-hybridized carbons (Fsp3) is 0.381. The van der Waals surface area contributed by atoms with Gasteiger partial charge in [0.05, 0.1) is 23.9 Å². The van der Waals surface area contributed by atoms with Crippen molar-refractivity contribution in [3.8, 4) is 5.75 Å². The van der Waals surface area contributed by atoms with Crippen LogP contribution < -0.4 is 15.6 Å². The number of halogens is 4. The Hall–Kier alpha value is -3.45. The summed E-state index contributed by atoms with van der Waals surface area (Å²) in [6.45, 7) is 2.69. The fourth-order valence-electron chi connectivity index (χ4n) is 3.47. The SMILES string of the molecule is COCc1cc(=O)n2c(n1)c(C(=O)N[C@@H](c1ccc(OC(F)(F)F)c(F)c1)C(C)(C)O)cn2C. The molecule has 0 bridgehead atoms. The molecule has 1 aromatic carbocycles. The number of ether oxygens (including phenoxy) is 2. The number of nitrogens with one attached hydrogen (secondary N) is 1. The monoisotopic (exact) mass is 486 g/mol. The van der Waals surface area contributed by atoms with Crippen LogP contribution in [0.2, 0.25) is 0 Å². The molecule has 0 aliphatic rings. The van der Waals surface area contributed by atoms with E-state index in [9.17, 15) is 32.3 Å². The number of nitrogens with zero attached hydrogens (tertiary/aromatic N) is 3. The molecule has 0 spiro atoms. The lowest BCUT2D eigenvalue weighted by Crippen LogP contribution is -2.42. The molecule has 0 saturated carbocycles. The summed E-state index contributed by atoms with van der Waals surface area (Å²) in [6.07, 6.45) is -3.74. The van der Waals surface area contributed by atoms with Crippen molar-refractivity contribution in [2.45, 2.75) is 38.5 Å². The molecule has 184 valence electrons. The molecule has 34 heavy (non-hydrogen) atoms. The van der Waals surface area contributed by atoms with Gasteiger partial charge in [0.1, 0.15) is 5.56 Å². The third-order valence-corrected chi connectivity index (χ3v) is 4.85. The summed E-state index contributed by atoms with van der Waals surface area (Å²) in [5.74, 6) is -3.15. The number of rotatable bonds is 7. The van der Waals surface area contributed by atoms with E-state index in [2.05, 4.69) is 15.0 Å². The molecular weight excluding hydrogens is 464 g/mol. The number of amides is 1. The Bertz CT molecular complexity index is 1280. The molecule has 0 unspecified atom stereocenters. The number of aryl methyl sites for hydroxylation is 1. The third kappa shape index (κ3) is 5.37. The number of aromatic nitrogens is 3. The highest BCUT2D eigenvalue weighted by molar-refractivity contribution is 6.00. The molecule has 3 rings (SSSR count). The zero-order chi connectivity index (χ0) is 25.4. The molecule has 2 N–H and O–H groups in total. The second-order valence-electron chi connectivity index (χ2n) is 8.07. The number of benzene rings is 1. The van der Waals surface area contributed by atoms with E-state index in [-0.39, 0.29) is 29.1 Å². The van der Waals surface area contributed by atoms with Crippen molar-refractivity contribution in [1.82, 2.24) is 19.5 Å². The molecule has 13 heteroatoms. The van der Waals surface area contributed by atoms with E-state index in [1.807, 2.05) is 0 Å². The lowest BCUT2D eigenvalue weighted by Gasteiger charge is -2.30. The van der Waals surface area contributed by atoms with Gasteiger partial charge in [0, 0.05) is 26.4 Å². The molecule has 0 aliphatic heterocycles. The summed E-state index contributed by atoms with van der Waals surface area (Å²) in [5.41, 5.74) is -1.85. The van der Waals surface area contributed by atoms with Gasteiger partial charge in [-0.15, -0.1) is 13.2 Å². The number of carbonyl (C=O) groups excluding carboxylic acids is 1. The minimum Gasteiger partial charge on any atom is -0.403 e. The molecule has 0 aliphatic carbocycles. The summed E-state index contributed by atoms with van der Waals surface area (Å²) in [6, 6.07) is 2.58. The molecule has 1 amide bonds. The van der Waals surface area contributed by atoms with Gasteiger partial charge in [-0.25, -0.2) is 9.37 Å². The van der Waals surface area contributed by atoms with Crippen molar-refractivity contribution in [3.63, 3.8) is 0 Å². The number of fused-ring (bicyclic) bond motifs is 1. The minimum atomic E-state index is -5.09. The van der Waals surface area contributed by atoms with Crippen LogP contribution in [0.3, 0.4) is 0 Å². The van der Waals surface area contributed by atoms with E-state index in [4.69, 9.17) is 4.74 Å². The molecule has 0 radical (unpaired) electrons. The number of alkyl halides is 3. The highest BCUT2D eigenvalue weighted by Gasteiger charge is 2.35. The Morgan fingerprint density at radius 3 is 2.50 bits per heavy atom. The second-order valence-corrected chi connectivity index (χ2v) is 8.07. The van der Waals surface area contributed by atoms with Crippen molar-refractivity contribution < 1.29 is 36.9 Å². The Balaban J connectivity index is 2.00. The van der Waals surface area contributed by atoms with E-state index in [0.29, 0.717) is 0 Å². The van der Waals surface area contributed by atoms with E-state index < -0.39 is 41.0 Å². The number of hydrogen-bond acceptors (Lipinski definition) is 6. The van der Waals surface area contributed by atoms with Crippen LogP contribution in [-0.2, 0) is 18.4 Å². The van der Waals surface area contributed by atoms with Crippen molar-refractivity contribution in [3.05, 3.63) is 63.5 Å². The van der Waals surface area contributed by atoms with Crippen molar-refractivity contribution in [1.29, 1.82) is 0 Å². The van der Waals surface area contributed by atoms with Gasteiger partial charge in [0.15, 0.2) is 17.2 Å². The smallest absolute Gasteiger partial charge is 0.403 e. The van der Waals surface area contributed by atoms with Gasteiger partial charge in [0.25, 0.3) is 11.5 Å². The predicted molar refractivity (Wildman–Crippen MR) is 111 cm³/mol. The summed E-state index contributed by atoms with van der Waals surface area (Å²) in [5, 5.41) is 13.2. The summed E-state index contributed by atoms with van der Waals surface area (Å²) < 4.78 is 62.7. The van der Waals surface area contributed by atoms with Crippen LogP contribution in [0.4, 0.5) is 17.6 Å². The maximum Gasteiger partial charge on any atom is 0.573 e. The van der Waals surface area contributed by atoms with Gasteiger partial charge in [-0.2, -0.15) is 4.52 Å². The average Bonchev–Trinajstić information content (AvgIpc) is 3.03. The molecule has 2 heterocycles. The van der Waals surface area contributed by atoms with Gasteiger partial charge in [0.2, 0.25) is 0 Å². The lowest BCUT2D eigenvalue weighted by atomic mass is 9.91. The predicted octanol–water partition coefficient (Wildman–Crippen LogP) is 2.46. The first-order chi connectivity index (χ1) is 15.7. The first-order valence-corrected chi connectivity index (χ1v) is 9.87. The zero-order valence-electron chi connectivity index (χ0n) is 18.6. The second kappa shape index (κ2) is 9.06. The highest BCUT2D eigenvalue weighted by atomic mass is 19.4. The molecule has 9 nitrogen and oxygen atoms in total. The van der Waals surface area contributed by atoms with Crippen LogP contribution in [0.5, 0.6) is 5.75 Å². The summed E-state index contributed by atoms with van der Waals surface area (Å²) in [4.78, 5) is 29.9. The van der Waals surface area contributed by atoms with E-state index >= 15 is 0 Å². The largest absolute Gasteiger partial charge is 0.573 e. The van der Waals surface area contributed by atoms with E-state index in [1.54, 1.807) is 0 Å². The number of methoxy groups -OCH3 is 1. The Morgan fingerprint density at radius 1 is 1.26 bits per heavy atom. The van der Waals surface area contributed by atoms with Gasteiger partial charge >= 0.3 is 6.36 Å². The third-order valence-electron chi connectivity index (χ3n) is 4.85. The van der Waals surface area contributed by atoms with Crippen molar-refractivity contribution in [2.75, 3.05) is 7.11 Å². The number of aliphatic hydroxyl groups is 1.